The fourth-order valence-electron chi connectivity index (χ4n) is 1.74. The van der Waals surface area contributed by atoms with Crippen LogP contribution < -0.4 is 0 Å². The molecule has 0 nitrogen and oxygen atoms in total. The van der Waals surface area contributed by atoms with Gasteiger partial charge in [-0.2, -0.15) is 0 Å². The molecule has 0 aromatic rings. The van der Waals surface area contributed by atoms with Gasteiger partial charge in [-0.15, -0.1) is 0 Å². The van der Waals surface area contributed by atoms with E-state index >= 15 is 0 Å². The van der Waals surface area contributed by atoms with E-state index < -0.39 is 0 Å². The van der Waals surface area contributed by atoms with E-state index in [1.165, 1.54) is 37.7 Å². The summed E-state index contributed by atoms with van der Waals surface area (Å²) in [4.78, 5) is 0. The van der Waals surface area contributed by atoms with Crippen LogP contribution in [0.4, 0.5) is 0 Å². The first-order chi connectivity index (χ1) is 5.24. The minimum Gasteiger partial charge on any atom is -0.0999 e. The second-order valence-electron chi connectivity index (χ2n) is 4.02. The normalized spacial score (nSPS) is 19.8. The Hall–Kier alpha value is -0.260. The van der Waals surface area contributed by atoms with E-state index in [0.29, 0.717) is 0 Å². The van der Waals surface area contributed by atoms with E-state index in [4.69, 9.17) is 0 Å². The molecule has 0 N–H and O–H groups in total. The van der Waals surface area contributed by atoms with Crippen LogP contribution >= 0.6 is 0 Å². The Morgan fingerprint density at radius 1 is 1.55 bits per heavy atom. The molecule has 0 heteroatoms. The second kappa shape index (κ2) is 3.94. The van der Waals surface area contributed by atoms with Crippen LogP contribution in [0.15, 0.2) is 12.2 Å². The SMILES string of the molecule is C=C(CCC)CC(C)C1CC1. The van der Waals surface area contributed by atoms with Gasteiger partial charge in [0.2, 0.25) is 0 Å². The lowest BCUT2D eigenvalue weighted by Crippen LogP contribution is -1.98. The molecule has 1 rings (SSSR count). The van der Waals surface area contributed by atoms with Crippen LogP contribution in [0.3, 0.4) is 0 Å². The van der Waals surface area contributed by atoms with Crippen LogP contribution in [-0.4, -0.2) is 0 Å². The van der Waals surface area contributed by atoms with E-state index in [2.05, 4.69) is 20.4 Å². The van der Waals surface area contributed by atoms with Crippen molar-refractivity contribution in [3.05, 3.63) is 12.2 Å². The summed E-state index contributed by atoms with van der Waals surface area (Å²) in [5, 5.41) is 0. The maximum Gasteiger partial charge on any atom is -0.0294 e. The van der Waals surface area contributed by atoms with Gasteiger partial charge in [0.15, 0.2) is 0 Å². The molecule has 0 spiro atoms. The van der Waals surface area contributed by atoms with Crippen molar-refractivity contribution in [2.24, 2.45) is 11.8 Å². The van der Waals surface area contributed by atoms with E-state index in [9.17, 15) is 0 Å². The van der Waals surface area contributed by atoms with Crippen LogP contribution in [-0.2, 0) is 0 Å². The highest BCUT2D eigenvalue weighted by Crippen LogP contribution is 2.39. The molecule has 1 fully saturated rings. The van der Waals surface area contributed by atoms with Crippen molar-refractivity contribution in [2.75, 3.05) is 0 Å². The van der Waals surface area contributed by atoms with Gasteiger partial charge in [-0.25, -0.2) is 0 Å². The predicted octanol–water partition coefficient (Wildman–Crippen LogP) is 3.78. The van der Waals surface area contributed by atoms with E-state index in [0.717, 1.165) is 11.8 Å². The number of hydrogen-bond donors (Lipinski definition) is 0. The molecule has 1 saturated carbocycles. The summed E-state index contributed by atoms with van der Waals surface area (Å²) in [7, 11) is 0. The third-order valence-corrected chi connectivity index (χ3v) is 2.64. The predicted molar refractivity (Wildman–Crippen MR) is 50.6 cm³/mol. The molecule has 1 aliphatic rings. The van der Waals surface area contributed by atoms with Crippen molar-refractivity contribution in [2.45, 2.75) is 46.0 Å². The Bertz CT molecular complexity index is 131. The summed E-state index contributed by atoms with van der Waals surface area (Å²) < 4.78 is 0. The van der Waals surface area contributed by atoms with Gasteiger partial charge in [-0.05, 0) is 37.5 Å². The van der Waals surface area contributed by atoms with Crippen LogP contribution in [0.2, 0.25) is 0 Å². The van der Waals surface area contributed by atoms with Gasteiger partial charge in [0.05, 0.1) is 0 Å². The Balaban J connectivity index is 2.12. The molecule has 0 amide bonds. The lowest BCUT2D eigenvalue weighted by molar-refractivity contribution is 0.497. The lowest BCUT2D eigenvalue weighted by Gasteiger charge is -2.10. The molecule has 64 valence electrons. The van der Waals surface area contributed by atoms with Crippen molar-refractivity contribution in [3.8, 4) is 0 Å². The van der Waals surface area contributed by atoms with Gasteiger partial charge < -0.3 is 0 Å². The largest absolute Gasteiger partial charge is 0.0999 e. The zero-order chi connectivity index (χ0) is 8.27. The van der Waals surface area contributed by atoms with Crippen molar-refractivity contribution in [3.63, 3.8) is 0 Å². The maximum atomic E-state index is 4.09. The molecule has 0 aliphatic heterocycles. The van der Waals surface area contributed by atoms with E-state index in [1.54, 1.807) is 0 Å². The number of hydrogen-bond acceptors (Lipinski definition) is 0. The number of rotatable bonds is 5. The van der Waals surface area contributed by atoms with Crippen LogP contribution in [0.5, 0.6) is 0 Å². The summed E-state index contributed by atoms with van der Waals surface area (Å²) in [6.07, 6.45) is 6.72. The molecule has 0 bridgehead atoms. The Morgan fingerprint density at radius 3 is 2.64 bits per heavy atom. The van der Waals surface area contributed by atoms with Crippen LogP contribution in [0.1, 0.15) is 46.0 Å². The first-order valence-electron chi connectivity index (χ1n) is 4.90. The molecule has 0 radical (unpaired) electrons. The maximum absolute atomic E-state index is 4.09. The van der Waals surface area contributed by atoms with Crippen LogP contribution in [0.25, 0.3) is 0 Å². The molecule has 1 unspecified atom stereocenters. The van der Waals surface area contributed by atoms with E-state index in [1.807, 2.05) is 0 Å². The molecule has 1 aliphatic carbocycles. The van der Waals surface area contributed by atoms with E-state index in [-0.39, 0.29) is 0 Å². The highest BCUT2D eigenvalue weighted by molar-refractivity contribution is 4.97. The Kier molecular flexibility index (Phi) is 3.16. The molecule has 0 saturated heterocycles. The van der Waals surface area contributed by atoms with Gasteiger partial charge in [-0.1, -0.05) is 32.4 Å². The molecule has 0 heterocycles. The highest BCUT2D eigenvalue weighted by atomic mass is 14.3. The summed E-state index contributed by atoms with van der Waals surface area (Å²) in [6, 6.07) is 0. The van der Waals surface area contributed by atoms with Crippen LogP contribution in [0, 0.1) is 11.8 Å². The summed E-state index contributed by atoms with van der Waals surface area (Å²) in [5.41, 5.74) is 1.46. The highest BCUT2D eigenvalue weighted by Gasteiger charge is 2.27. The van der Waals surface area contributed by atoms with Gasteiger partial charge in [0.1, 0.15) is 0 Å². The quantitative estimate of drug-likeness (QED) is 0.526. The van der Waals surface area contributed by atoms with Gasteiger partial charge in [0, 0.05) is 0 Å². The summed E-state index contributed by atoms with van der Waals surface area (Å²) in [6.45, 7) is 8.70. The summed E-state index contributed by atoms with van der Waals surface area (Å²) >= 11 is 0. The topological polar surface area (TPSA) is 0 Å². The Labute approximate surface area is 70.7 Å². The third kappa shape index (κ3) is 3.09. The molecule has 1 atom stereocenters. The molecule has 11 heavy (non-hydrogen) atoms. The fraction of sp³-hybridized carbons (Fsp3) is 0.818. The fourth-order valence-corrected chi connectivity index (χ4v) is 1.74. The summed E-state index contributed by atoms with van der Waals surface area (Å²) in [5.74, 6) is 1.96. The standard InChI is InChI=1S/C11H20/c1-4-5-9(2)8-10(3)11-6-7-11/h10-11H,2,4-8H2,1,3H3. The molecular weight excluding hydrogens is 132 g/mol. The molecular formula is C11H20. The zero-order valence-electron chi connectivity index (χ0n) is 7.90. The minimum atomic E-state index is 0.911. The van der Waals surface area contributed by atoms with Gasteiger partial charge in [-0.3, -0.25) is 0 Å². The van der Waals surface area contributed by atoms with Crippen molar-refractivity contribution < 1.29 is 0 Å². The average molecular weight is 152 g/mol. The molecule has 0 aromatic carbocycles. The van der Waals surface area contributed by atoms with Gasteiger partial charge in [0.25, 0.3) is 0 Å². The first-order valence-corrected chi connectivity index (χ1v) is 4.90. The molecule has 0 aromatic heterocycles. The average Bonchev–Trinajstić information content (AvgIpc) is 2.67. The zero-order valence-corrected chi connectivity index (χ0v) is 7.90. The van der Waals surface area contributed by atoms with Crippen molar-refractivity contribution in [1.29, 1.82) is 0 Å². The lowest BCUT2D eigenvalue weighted by atomic mass is 9.95. The minimum absolute atomic E-state index is 0.911. The van der Waals surface area contributed by atoms with Gasteiger partial charge >= 0.3 is 0 Å². The first kappa shape index (κ1) is 8.83. The Morgan fingerprint density at radius 2 is 2.18 bits per heavy atom. The monoisotopic (exact) mass is 152 g/mol. The third-order valence-electron chi connectivity index (χ3n) is 2.64. The number of allylic oxidation sites excluding steroid dienone is 1. The van der Waals surface area contributed by atoms with Crippen molar-refractivity contribution >= 4 is 0 Å². The van der Waals surface area contributed by atoms with Crippen molar-refractivity contribution in [1.82, 2.24) is 0 Å². The smallest absolute Gasteiger partial charge is 0.0294 e. The second-order valence-corrected chi connectivity index (χ2v) is 4.02.